The standard InChI is InChI=1S/C26H20N2O3/c29-24-20-17-10-11-18(13-17)21(20)25(30)22(24)14-6-8-16(9-7-14)26(31)28-19-5-1-3-15-4-2-12-27-23(15)19/h1-12,17-18,20-22H,13H2,(H,28,31)/t17-,18+,20-,21+,22?. The summed E-state index contributed by atoms with van der Waals surface area (Å²) in [7, 11) is 0. The number of rotatable bonds is 3. The van der Waals surface area contributed by atoms with Crippen LogP contribution in [0.4, 0.5) is 5.69 Å². The Morgan fingerprint density at radius 2 is 1.55 bits per heavy atom. The molecule has 5 atom stereocenters. The van der Waals surface area contributed by atoms with E-state index in [1.54, 1.807) is 30.5 Å². The molecule has 2 fully saturated rings. The van der Waals surface area contributed by atoms with Crippen molar-refractivity contribution in [1.29, 1.82) is 0 Å². The minimum Gasteiger partial charge on any atom is -0.320 e. The summed E-state index contributed by atoms with van der Waals surface area (Å²) < 4.78 is 0. The minimum absolute atomic E-state index is 0.0471. The fraction of sp³-hybridized carbons (Fsp3) is 0.231. The summed E-state index contributed by atoms with van der Waals surface area (Å²) in [5, 5.41) is 3.86. The molecule has 6 rings (SSSR count). The van der Waals surface area contributed by atoms with E-state index in [0.717, 1.165) is 17.3 Å². The Labute approximate surface area is 179 Å². The molecule has 0 aliphatic heterocycles. The molecule has 1 amide bonds. The number of nitrogens with one attached hydrogen (secondary N) is 1. The summed E-state index contributed by atoms with van der Waals surface area (Å²) in [4.78, 5) is 43.2. The molecule has 2 aromatic carbocycles. The average molecular weight is 408 g/mol. The second-order valence-electron chi connectivity index (χ2n) is 8.69. The zero-order valence-corrected chi connectivity index (χ0v) is 16.7. The first-order chi connectivity index (χ1) is 15.1. The summed E-state index contributed by atoms with van der Waals surface area (Å²) in [6.07, 6.45) is 6.84. The number of carbonyl (C=O) groups excluding carboxylic acids is 3. The van der Waals surface area contributed by atoms with Crippen molar-refractivity contribution in [1.82, 2.24) is 4.98 Å². The van der Waals surface area contributed by atoms with E-state index in [-0.39, 0.29) is 41.1 Å². The number of hydrogen-bond acceptors (Lipinski definition) is 4. The zero-order chi connectivity index (χ0) is 21.1. The number of benzene rings is 2. The van der Waals surface area contributed by atoms with Gasteiger partial charge in [0.2, 0.25) is 0 Å². The second-order valence-corrected chi connectivity index (χ2v) is 8.69. The maximum absolute atomic E-state index is 13.0. The van der Waals surface area contributed by atoms with Gasteiger partial charge in [-0.2, -0.15) is 0 Å². The molecule has 1 N–H and O–H groups in total. The van der Waals surface area contributed by atoms with Gasteiger partial charge < -0.3 is 5.32 Å². The van der Waals surface area contributed by atoms with Gasteiger partial charge >= 0.3 is 0 Å². The van der Waals surface area contributed by atoms with E-state index in [2.05, 4.69) is 22.5 Å². The van der Waals surface area contributed by atoms with Crippen LogP contribution in [0.25, 0.3) is 10.9 Å². The lowest BCUT2D eigenvalue weighted by Crippen LogP contribution is -2.21. The molecule has 1 aromatic heterocycles. The molecule has 1 unspecified atom stereocenters. The van der Waals surface area contributed by atoms with E-state index in [9.17, 15) is 14.4 Å². The van der Waals surface area contributed by atoms with Crippen molar-refractivity contribution < 1.29 is 14.4 Å². The van der Waals surface area contributed by atoms with Gasteiger partial charge in [0.05, 0.1) is 11.2 Å². The van der Waals surface area contributed by atoms with Crippen molar-refractivity contribution in [2.75, 3.05) is 5.32 Å². The Morgan fingerprint density at radius 3 is 2.26 bits per heavy atom. The smallest absolute Gasteiger partial charge is 0.255 e. The number of para-hydroxylation sites is 1. The number of pyridine rings is 1. The molecule has 2 bridgehead atoms. The summed E-state index contributed by atoms with van der Waals surface area (Å²) >= 11 is 0. The highest BCUT2D eigenvalue weighted by atomic mass is 16.2. The van der Waals surface area contributed by atoms with Gasteiger partial charge in [-0.25, -0.2) is 0 Å². The SMILES string of the molecule is O=C(Nc1cccc2cccnc12)c1ccc(C2C(=O)[C@@H]3[C@H](C2=O)[C@@H]2C=C[C@H]3C2)cc1. The summed E-state index contributed by atoms with van der Waals surface area (Å²) in [6, 6.07) is 16.3. The van der Waals surface area contributed by atoms with Gasteiger partial charge in [0.15, 0.2) is 11.6 Å². The quantitative estimate of drug-likeness (QED) is 0.522. The molecular formula is C26H20N2O3. The van der Waals surface area contributed by atoms with Gasteiger partial charge in [-0.3, -0.25) is 19.4 Å². The predicted octanol–water partition coefficient (Wildman–Crippen LogP) is 4.16. The molecule has 3 aromatic rings. The Hall–Kier alpha value is -3.60. The van der Waals surface area contributed by atoms with Crippen LogP contribution in [0.2, 0.25) is 0 Å². The van der Waals surface area contributed by atoms with E-state index in [1.165, 1.54) is 0 Å². The lowest BCUT2D eigenvalue weighted by Gasteiger charge is -2.16. The Kier molecular flexibility index (Phi) is 3.93. The van der Waals surface area contributed by atoms with Gasteiger partial charge in [0, 0.05) is 29.0 Å². The lowest BCUT2D eigenvalue weighted by atomic mass is 9.85. The molecule has 3 aliphatic rings. The van der Waals surface area contributed by atoms with Crippen LogP contribution in [-0.2, 0) is 9.59 Å². The van der Waals surface area contributed by atoms with Gasteiger partial charge in [-0.15, -0.1) is 0 Å². The first kappa shape index (κ1) is 18.2. The van der Waals surface area contributed by atoms with Crippen LogP contribution in [-0.4, -0.2) is 22.5 Å². The maximum Gasteiger partial charge on any atom is 0.255 e. The van der Waals surface area contributed by atoms with Crippen LogP contribution in [0.3, 0.4) is 0 Å². The predicted molar refractivity (Wildman–Crippen MR) is 117 cm³/mol. The average Bonchev–Trinajstić information content (AvgIpc) is 3.48. The van der Waals surface area contributed by atoms with Crippen molar-refractivity contribution in [3.8, 4) is 0 Å². The molecule has 5 heteroatoms. The molecule has 0 spiro atoms. The van der Waals surface area contributed by atoms with Gasteiger partial charge in [0.1, 0.15) is 5.92 Å². The molecule has 5 nitrogen and oxygen atoms in total. The van der Waals surface area contributed by atoms with Gasteiger partial charge in [0.25, 0.3) is 5.91 Å². The first-order valence-electron chi connectivity index (χ1n) is 10.6. The van der Waals surface area contributed by atoms with Gasteiger partial charge in [-0.05, 0) is 48.1 Å². The van der Waals surface area contributed by atoms with E-state index >= 15 is 0 Å². The molecule has 31 heavy (non-hydrogen) atoms. The van der Waals surface area contributed by atoms with Crippen molar-refractivity contribution in [3.05, 3.63) is 84.1 Å². The number of amides is 1. The third-order valence-electron chi connectivity index (χ3n) is 7.07. The molecule has 3 aliphatic carbocycles. The number of aromatic nitrogens is 1. The highest BCUT2D eigenvalue weighted by Crippen LogP contribution is 2.55. The number of hydrogen-bond donors (Lipinski definition) is 1. The molecule has 0 saturated heterocycles. The summed E-state index contributed by atoms with van der Waals surface area (Å²) in [5.74, 6) is -0.737. The second kappa shape index (κ2) is 6.71. The van der Waals surface area contributed by atoms with E-state index in [0.29, 0.717) is 16.8 Å². The number of nitrogens with zero attached hydrogens (tertiary/aromatic N) is 1. The minimum atomic E-state index is -0.695. The van der Waals surface area contributed by atoms with Crippen LogP contribution < -0.4 is 5.32 Å². The van der Waals surface area contributed by atoms with Crippen LogP contribution in [0.15, 0.2) is 72.9 Å². The summed E-state index contributed by atoms with van der Waals surface area (Å²) in [5.41, 5.74) is 2.53. The first-order valence-corrected chi connectivity index (χ1v) is 10.6. The number of carbonyl (C=O) groups is 3. The molecule has 0 radical (unpaired) electrons. The maximum atomic E-state index is 13.0. The molecule has 2 saturated carbocycles. The Morgan fingerprint density at radius 1 is 0.871 bits per heavy atom. The topological polar surface area (TPSA) is 76.1 Å². The molecular weight excluding hydrogens is 388 g/mol. The normalized spacial score (nSPS) is 28.3. The number of allylic oxidation sites excluding steroid dienone is 2. The lowest BCUT2D eigenvalue weighted by molar-refractivity contribution is -0.125. The third kappa shape index (κ3) is 2.69. The van der Waals surface area contributed by atoms with Crippen LogP contribution in [0.1, 0.15) is 28.3 Å². The highest BCUT2D eigenvalue weighted by molar-refractivity contribution is 6.17. The fourth-order valence-corrected chi connectivity index (χ4v) is 5.68. The van der Waals surface area contributed by atoms with Crippen molar-refractivity contribution in [3.63, 3.8) is 0 Å². The van der Waals surface area contributed by atoms with Gasteiger partial charge in [-0.1, -0.05) is 42.5 Å². The van der Waals surface area contributed by atoms with E-state index in [4.69, 9.17) is 0 Å². The van der Waals surface area contributed by atoms with Crippen molar-refractivity contribution in [2.24, 2.45) is 23.7 Å². The zero-order valence-electron chi connectivity index (χ0n) is 16.7. The van der Waals surface area contributed by atoms with Crippen LogP contribution >= 0.6 is 0 Å². The highest BCUT2D eigenvalue weighted by Gasteiger charge is 2.59. The van der Waals surface area contributed by atoms with Crippen molar-refractivity contribution >= 4 is 34.1 Å². The number of ketones is 2. The van der Waals surface area contributed by atoms with Crippen LogP contribution in [0, 0.1) is 23.7 Å². The third-order valence-corrected chi connectivity index (χ3v) is 7.07. The largest absolute Gasteiger partial charge is 0.320 e. The Bertz CT molecular complexity index is 1240. The monoisotopic (exact) mass is 408 g/mol. The number of fused-ring (bicyclic) bond motifs is 6. The van der Waals surface area contributed by atoms with Crippen LogP contribution in [0.5, 0.6) is 0 Å². The summed E-state index contributed by atoms with van der Waals surface area (Å²) in [6.45, 7) is 0. The molecule has 1 heterocycles. The van der Waals surface area contributed by atoms with E-state index < -0.39 is 5.92 Å². The number of anilines is 1. The number of Topliss-reactive ketones (excluding diaryl/α,β-unsaturated/α-hetero) is 2. The van der Waals surface area contributed by atoms with E-state index in [1.807, 2.05) is 30.3 Å². The van der Waals surface area contributed by atoms with Crippen molar-refractivity contribution in [2.45, 2.75) is 12.3 Å². The fourth-order valence-electron chi connectivity index (χ4n) is 5.68. The molecule has 152 valence electrons. The Balaban J connectivity index is 1.24.